The minimum Gasteiger partial charge on any atom is -0.756 e. The molecule has 0 saturated carbocycles. The summed E-state index contributed by atoms with van der Waals surface area (Å²) in [5.74, 6) is -0.544. The van der Waals surface area contributed by atoms with Crippen LogP contribution in [0.1, 0.15) is 194 Å². The summed E-state index contributed by atoms with van der Waals surface area (Å²) >= 11 is 0. The number of nitrogens with one attached hydrogen (secondary N) is 1. The molecule has 0 aromatic heterocycles. The number of amides is 1. The molecule has 0 aliphatic rings. The quantitative estimate of drug-likeness (QED) is 0.0374. The molecule has 280 valence electrons. The minimum absolute atomic E-state index is 0.0478. The number of rotatable bonds is 37. The number of unbranched alkanes of at least 4 members (excludes halogenated alkanes) is 24. The van der Waals surface area contributed by atoms with Gasteiger partial charge in [-0.15, -0.1) is 0 Å². The Bertz CT molecular complexity index is 754. The lowest BCUT2D eigenvalue weighted by Crippen LogP contribution is -2.28. The molecule has 0 rings (SSSR count). The van der Waals surface area contributed by atoms with Crippen LogP contribution in [-0.4, -0.2) is 49.5 Å². The minimum atomic E-state index is -4.65. The second kappa shape index (κ2) is 34.9. The topological polar surface area (TPSA) is 134 Å². The Morgan fingerprint density at radius 3 is 1.40 bits per heavy atom. The summed E-state index contributed by atoms with van der Waals surface area (Å²) in [4.78, 5) is 35.8. The maximum atomic E-state index is 12.0. The van der Waals surface area contributed by atoms with Crippen LogP contribution in [-0.2, 0) is 27.9 Å². The fourth-order valence-electron chi connectivity index (χ4n) is 5.55. The largest absolute Gasteiger partial charge is 0.756 e. The van der Waals surface area contributed by atoms with Gasteiger partial charge in [-0.2, -0.15) is 0 Å². The number of phosphoric acid groups is 1. The van der Waals surface area contributed by atoms with Crippen molar-refractivity contribution in [2.75, 3.05) is 26.4 Å². The molecule has 0 bridgehead atoms. The van der Waals surface area contributed by atoms with Gasteiger partial charge in [0.15, 0.2) is 0 Å². The lowest BCUT2D eigenvalue weighted by atomic mass is 10.0. The third kappa shape index (κ3) is 36.1. The Labute approximate surface area is 288 Å². The molecule has 0 aliphatic carbocycles. The van der Waals surface area contributed by atoms with Gasteiger partial charge in [0.05, 0.1) is 13.2 Å². The molecule has 0 heterocycles. The van der Waals surface area contributed by atoms with E-state index in [-0.39, 0.29) is 32.1 Å². The average Bonchev–Trinajstić information content (AvgIpc) is 3.05. The first-order valence-electron chi connectivity index (χ1n) is 19.5. The lowest BCUT2D eigenvalue weighted by Gasteiger charge is -2.24. The molecule has 0 radical (unpaired) electrons. The van der Waals surface area contributed by atoms with Crippen molar-refractivity contribution in [3.63, 3.8) is 0 Å². The van der Waals surface area contributed by atoms with E-state index >= 15 is 0 Å². The predicted molar refractivity (Wildman–Crippen MR) is 190 cm³/mol. The average molecular weight is 691 g/mol. The lowest BCUT2D eigenvalue weighted by molar-refractivity contribution is -0.227. The third-order valence-electron chi connectivity index (χ3n) is 8.53. The monoisotopic (exact) mass is 691 g/mol. The number of aliphatic hydroxyl groups is 1. The Hall–Kier alpha value is -0.990. The molecule has 0 aliphatic heterocycles. The molecule has 1 amide bonds. The van der Waals surface area contributed by atoms with Crippen molar-refractivity contribution in [3.8, 4) is 0 Å². The fourth-order valence-corrected chi connectivity index (χ4v) is 6.29. The number of aliphatic hydroxyl groups excluding tert-OH is 1. The summed E-state index contributed by atoms with van der Waals surface area (Å²) in [6.07, 6.45) is 31.5. The van der Waals surface area contributed by atoms with Crippen molar-refractivity contribution in [3.05, 3.63) is 0 Å². The van der Waals surface area contributed by atoms with Gasteiger partial charge in [0.25, 0.3) is 7.82 Å². The molecule has 47 heavy (non-hydrogen) atoms. The van der Waals surface area contributed by atoms with Crippen LogP contribution < -0.4 is 10.2 Å². The van der Waals surface area contributed by atoms with E-state index in [1.165, 1.54) is 128 Å². The van der Waals surface area contributed by atoms with Gasteiger partial charge < -0.3 is 29.1 Å². The van der Waals surface area contributed by atoms with Gasteiger partial charge >= 0.3 is 5.97 Å². The normalized spacial score (nSPS) is 13.4. The van der Waals surface area contributed by atoms with Crippen molar-refractivity contribution in [1.29, 1.82) is 0 Å². The molecule has 0 aromatic rings. The maximum absolute atomic E-state index is 12.0. The zero-order valence-corrected chi connectivity index (χ0v) is 31.4. The number of hydrogen-bond donors (Lipinski definition) is 2. The highest BCUT2D eigenvalue weighted by molar-refractivity contribution is 7.45. The van der Waals surface area contributed by atoms with Crippen LogP contribution in [0.4, 0.5) is 0 Å². The van der Waals surface area contributed by atoms with Crippen molar-refractivity contribution < 1.29 is 37.9 Å². The van der Waals surface area contributed by atoms with Crippen LogP contribution in [0.3, 0.4) is 0 Å². The van der Waals surface area contributed by atoms with Crippen molar-refractivity contribution in [2.45, 2.75) is 200 Å². The number of ether oxygens (including phenoxy) is 1. The van der Waals surface area contributed by atoms with Crippen LogP contribution in [0.25, 0.3) is 0 Å². The van der Waals surface area contributed by atoms with Gasteiger partial charge in [0.1, 0.15) is 12.7 Å². The number of esters is 1. The molecule has 9 nitrogen and oxygen atoms in total. The van der Waals surface area contributed by atoms with Crippen molar-refractivity contribution >= 4 is 19.7 Å². The molecule has 0 saturated heterocycles. The Balaban J connectivity index is 3.59. The van der Waals surface area contributed by atoms with E-state index in [0.717, 1.165) is 38.5 Å². The predicted octanol–water partition coefficient (Wildman–Crippen LogP) is 9.47. The highest BCUT2D eigenvalue weighted by Crippen LogP contribution is 2.37. The smallest absolute Gasteiger partial charge is 0.305 e. The van der Waals surface area contributed by atoms with E-state index in [0.29, 0.717) is 6.42 Å². The molecule has 0 aromatic carbocycles. The van der Waals surface area contributed by atoms with Crippen molar-refractivity contribution in [2.24, 2.45) is 0 Å². The summed E-state index contributed by atoms with van der Waals surface area (Å²) in [5, 5.41) is 12.6. The highest BCUT2D eigenvalue weighted by atomic mass is 31.2. The summed E-state index contributed by atoms with van der Waals surface area (Å²) in [5.41, 5.74) is 0. The van der Waals surface area contributed by atoms with Crippen LogP contribution >= 0.6 is 7.82 Å². The second-order valence-corrected chi connectivity index (χ2v) is 14.7. The standard InChI is InChI=1S/C37H74NO8P/c1-3-5-7-9-11-13-15-17-19-21-23-25-27-29-36(40)38-31-32-45-47(42,43)46-34-35(39)33-44-37(41)30-28-26-24-22-20-18-16-14-12-10-8-6-4-2/h35,39H,3-34H2,1-2H3,(H,38,40)(H,42,43)/p-1/t35-/m1/s1. The van der Waals surface area contributed by atoms with E-state index in [9.17, 15) is 24.2 Å². The summed E-state index contributed by atoms with van der Waals surface area (Å²) in [6, 6.07) is 0. The Kier molecular flexibility index (Phi) is 34.1. The summed E-state index contributed by atoms with van der Waals surface area (Å²) in [6.45, 7) is 3.37. The molecule has 2 N–H and O–H groups in total. The molecule has 10 heteroatoms. The van der Waals surface area contributed by atoms with Gasteiger partial charge in [0.2, 0.25) is 5.91 Å². The van der Waals surface area contributed by atoms with Gasteiger partial charge in [-0.3, -0.25) is 14.2 Å². The maximum Gasteiger partial charge on any atom is 0.305 e. The Morgan fingerprint density at radius 2 is 0.979 bits per heavy atom. The van der Waals surface area contributed by atoms with Gasteiger partial charge in [0, 0.05) is 19.4 Å². The number of carbonyl (C=O) groups is 2. The first-order valence-corrected chi connectivity index (χ1v) is 21.0. The van der Waals surface area contributed by atoms with E-state index in [4.69, 9.17) is 9.26 Å². The zero-order valence-electron chi connectivity index (χ0n) is 30.5. The first-order chi connectivity index (χ1) is 22.8. The summed E-state index contributed by atoms with van der Waals surface area (Å²) in [7, 11) is -4.65. The number of phosphoric ester groups is 1. The third-order valence-corrected chi connectivity index (χ3v) is 9.49. The van der Waals surface area contributed by atoms with Gasteiger partial charge in [-0.1, -0.05) is 168 Å². The first kappa shape index (κ1) is 46.0. The number of carbonyl (C=O) groups excluding carboxylic acids is 2. The summed E-state index contributed by atoms with van der Waals surface area (Å²) < 4.78 is 26.4. The van der Waals surface area contributed by atoms with Crippen LogP contribution in [0.5, 0.6) is 0 Å². The van der Waals surface area contributed by atoms with E-state index in [1.54, 1.807) is 0 Å². The van der Waals surface area contributed by atoms with E-state index in [2.05, 4.69) is 23.7 Å². The molecular weight excluding hydrogens is 617 g/mol. The number of hydrogen-bond acceptors (Lipinski definition) is 8. The van der Waals surface area contributed by atoms with E-state index in [1.807, 2.05) is 0 Å². The van der Waals surface area contributed by atoms with Crippen molar-refractivity contribution in [1.82, 2.24) is 5.32 Å². The SMILES string of the molecule is CCCCCCCCCCCCCCCC(=O)NCCOP(=O)([O-])OC[C@H](O)COC(=O)CCCCCCCCCCCCCCC. The Morgan fingerprint density at radius 1 is 0.596 bits per heavy atom. The van der Waals surface area contributed by atoms with Gasteiger partial charge in [-0.05, 0) is 12.8 Å². The molecule has 0 spiro atoms. The molecular formula is C37H73NO8P-. The van der Waals surface area contributed by atoms with Gasteiger partial charge in [-0.25, -0.2) is 0 Å². The fraction of sp³-hybridized carbons (Fsp3) is 0.946. The van der Waals surface area contributed by atoms with Crippen LogP contribution in [0, 0.1) is 0 Å². The van der Waals surface area contributed by atoms with Crippen LogP contribution in [0.15, 0.2) is 0 Å². The molecule has 2 atom stereocenters. The second-order valence-electron chi connectivity index (χ2n) is 13.2. The molecule has 0 fully saturated rings. The van der Waals surface area contributed by atoms with Crippen LogP contribution in [0.2, 0.25) is 0 Å². The molecule has 1 unspecified atom stereocenters. The zero-order chi connectivity index (χ0) is 34.7. The van der Waals surface area contributed by atoms with E-state index < -0.39 is 26.5 Å². The highest BCUT2D eigenvalue weighted by Gasteiger charge is 2.15.